The van der Waals surface area contributed by atoms with Gasteiger partial charge < -0.3 is 5.73 Å². The highest BCUT2D eigenvalue weighted by molar-refractivity contribution is 7.11. The van der Waals surface area contributed by atoms with Crippen LogP contribution in [0.3, 0.4) is 0 Å². The van der Waals surface area contributed by atoms with Crippen molar-refractivity contribution in [2.75, 3.05) is 0 Å². The minimum Gasteiger partial charge on any atom is -0.323 e. The van der Waals surface area contributed by atoms with Crippen molar-refractivity contribution in [3.63, 3.8) is 0 Å². The van der Waals surface area contributed by atoms with Crippen LogP contribution in [0.4, 0.5) is 0 Å². The van der Waals surface area contributed by atoms with Crippen LogP contribution in [0.2, 0.25) is 0 Å². The lowest BCUT2D eigenvalue weighted by Gasteiger charge is -2.03. The number of aryl methyl sites for hydroxylation is 2. The van der Waals surface area contributed by atoms with Crippen molar-refractivity contribution in [3.8, 4) is 0 Å². The highest BCUT2D eigenvalue weighted by atomic mass is 32.1. The lowest BCUT2D eigenvalue weighted by Crippen LogP contribution is -2.05. The molecule has 3 heteroatoms. The Hall–Kier alpha value is -0.410. The van der Waals surface area contributed by atoms with E-state index < -0.39 is 0 Å². The summed E-state index contributed by atoms with van der Waals surface area (Å²) in [6, 6.07) is 0.138. The molecule has 1 heterocycles. The van der Waals surface area contributed by atoms with Crippen LogP contribution < -0.4 is 5.73 Å². The van der Waals surface area contributed by atoms with Crippen LogP contribution in [-0.2, 0) is 12.8 Å². The fourth-order valence-corrected chi connectivity index (χ4v) is 2.34. The molecule has 1 aromatic rings. The molecule has 1 atom stereocenters. The first kappa shape index (κ1) is 10.7. The summed E-state index contributed by atoms with van der Waals surface area (Å²) in [5, 5.41) is 1.22. The Kier molecular flexibility index (Phi) is 3.88. The number of thiazole rings is 1. The van der Waals surface area contributed by atoms with Gasteiger partial charge in [-0.1, -0.05) is 20.3 Å². The standard InChI is InChI=1S/C10H18N2S/c1-4-6-8-10(7(3)11)13-9(5-2)12-8/h7H,4-6,11H2,1-3H3. The van der Waals surface area contributed by atoms with Crippen molar-refractivity contribution in [1.82, 2.24) is 4.98 Å². The third-order valence-corrected chi connectivity index (χ3v) is 3.42. The predicted octanol–water partition coefficient (Wildman–Crippen LogP) is 2.68. The largest absolute Gasteiger partial charge is 0.323 e. The molecule has 74 valence electrons. The molecule has 1 aromatic heterocycles. The third-order valence-electron chi connectivity index (χ3n) is 1.97. The van der Waals surface area contributed by atoms with E-state index in [0.29, 0.717) is 0 Å². The second kappa shape index (κ2) is 4.72. The summed E-state index contributed by atoms with van der Waals surface area (Å²) in [5.74, 6) is 0. The van der Waals surface area contributed by atoms with Gasteiger partial charge in [0.1, 0.15) is 0 Å². The van der Waals surface area contributed by atoms with E-state index in [1.807, 2.05) is 6.92 Å². The van der Waals surface area contributed by atoms with Crippen LogP contribution in [0.5, 0.6) is 0 Å². The number of hydrogen-bond acceptors (Lipinski definition) is 3. The van der Waals surface area contributed by atoms with Crippen LogP contribution in [-0.4, -0.2) is 4.98 Å². The van der Waals surface area contributed by atoms with Crippen LogP contribution in [0.15, 0.2) is 0 Å². The van der Waals surface area contributed by atoms with E-state index in [1.165, 1.54) is 15.6 Å². The van der Waals surface area contributed by atoms with E-state index in [2.05, 4.69) is 18.8 Å². The van der Waals surface area contributed by atoms with Gasteiger partial charge in [-0.05, 0) is 19.8 Å². The molecule has 0 spiro atoms. The van der Waals surface area contributed by atoms with Gasteiger partial charge in [0.05, 0.1) is 10.7 Å². The van der Waals surface area contributed by atoms with Gasteiger partial charge in [0.15, 0.2) is 0 Å². The van der Waals surface area contributed by atoms with E-state index in [1.54, 1.807) is 11.3 Å². The Balaban J connectivity index is 2.93. The Bertz CT molecular complexity index is 266. The zero-order chi connectivity index (χ0) is 9.84. The lowest BCUT2D eigenvalue weighted by molar-refractivity contribution is 0.790. The number of rotatable bonds is 4. The highest BCUT2D eigenvalue weighted by Crippen LogP contribution is 2.25. The molecule has 0 saturated carbocycles. The lowest BCUT2D eigenvalue weighted by atomic mass is 10.2. The SMILES string of the molecule is CCCc1nc(CC)sc1C(C)N. The molecule has 0 aliphatic rings. The number of aromatic nitrogens is 1. The Morgan fingerprint density at radius 2 is 2.15 bits per heavy atom. The van der Waals surface area contributed by atoms with Gasteiger partial charge in [0.25, 0.3) is 0 Å². The third kappa shape index (κ3) is 2.51. The molecule has 0 fully saturated rings. The van der Waals surface area contributed by atoms with Crippen molar-refractivity contribution < 1.29 is 0 Å². The summed E-state index contributed by atoms with van der Waals surface area (Å²) in [5.41, 5.74) is 7.10. The zero-order valence-corrected chi connectivity index (χ0v) is 9.45. The monoisotopic (exact) mass is 198 g/mol. The van der Waals surface area contributed by atoms with Gasteiger partial charge in [-0.2, -0.15) is 0 Å². The van der Waals surface area contributed by atoms with Crippen molar-refractivity contribution in [2.45, 2.75) is 46.1 Å². The van der Waals surface area contributed by atoms with Crippen molar-refractivity contribution in [2.24, 2.45) is 5.73 Å². The summed E-state index contributed by atoms with van der Waals surface area (Å²) in [4.78, 5) is 5.85. The van der Waals surface area contributed by atoms with Crippen LogP contribution >= 0.6 is 11.3 Å². The molecule has 0 amide bonds. The molecule has 0 bridgehead atoms. The van der Waals surface area contributed by atoms with Gasteiger partial charge in [-0.3, -0.25) is 0 Å². The van der Waals surface area contributed by atoms with Gasteiger partial charge in [0, 0.05) is 10.9 Å². The number of nitrogens with two attached hydrogens (primary N) is 1. The van der Waals surface area contributed by atoms with E-state index in [9.17, 15) is 0 Å². The predicted molar refractivity (Wildman–Crippen MR) is 58.1 cm³/mol. The van der Waals surface area contributed by atoms with E-state index in [-0.39, 0.29) is 6.04 Å². The summed E-state index contributed by atoms with van der Waals surface area (Å²) in [6.07, 6.45) is 3.23. The smallest absolute Gasteiger partial charge is 0.0928 e. The Morgan fingerprint density at radius 3 is 2.62 bits per heavy atom. The molecule has 0 saturated heterocycles. The van der Waals surface area contributed by atoms with Gasteiger partial charge in [-0.15, -0.1) is 11.3 Å². The fraction of sp³-hybridized carbons (Fsp3) is 0.700. The minimum atomic E-state index is 0.138. The van der Waals surface area contributed by atoms with Crippen LogP contribution in [0.1, 0.15) is 48.8 Å². The summed E-state index contributed by atoms with van der Waals surface area (Å²) in [7, 11) is 0. The van der Waals surface area contributed by atoms with Crippen molar-refractivity contribution in [3.05, 3.63) is 15.6 Å². The molecule has 0 aliphatic carbocycles. The van der Waals surface area contributed by atoms with Crippen LogP contribution in [0, 0.1) is 0 Å². The summed E-state index contributed by atoms with van der Waals surface area (Å²) >= 11 is 1.77. The fourth-order valence-electron chi connectivity index (χ4n) is 1.34. The topological polar surface area (TPSA) is 38.9 Å². The first-order valence-electron chi connectivity index (χ1n) is 4.93. The van der Waals surface area contributed by atoms with Gasteiger partial charge in [-0.25, -0.2) is 4.98 Å². The maximum Gasteiger partial charge on any atom is 0.0928 e. The maximum absolute atomic E-state index is 5.88. The van der Waals surface area contributed by atoms with E-state index in [0.717, 1.165) is 19.3 Å². The van der Waals surface area contributed by atoms with Gasteiger partial charge >= 0.3 is 0 Å². The average Bonchev–Trinajstić information content (AvgIpc) is 2.48. The van der Waals surface area contributed by atoms with E-state index >= 15 is 0 Å². The number of hydrogen-bond donors (Lipinski definition) is 1. The minimum absolute atomic E-state index is 0.138. The number of nitrogens with zero attached hydrogens (tertiary/aromatic N) is 1. The second-order valence-electron chi connectivity index (χ2n) is 3.31. The first-order chi connectivity index (χ1) is 6.19. The Morgan fingerprint density at radius 1 is 1.46 bits per heavy atom. The zero-order valence-electron chi connectivity index (χ0n) is 8.63. The molecule has 2 nitrogen and oxygen atoms in total. The van der Waals surface area contributed by atoms with E-state index in [4.69, 9.17) is 5.73 Å². The average molecular weight is 198 g/mol. The molecule has 0 radical (unpaired) electrons. The Labute approximate surface area is 84.2 Å². The normalized spacial score (nSPS) is 13.2. The molecular formula is C10H18N2S. The molecular weight excluding hydrogens is 180 g/mol. The molecule has 0 aromatic carbocycles. The van der Waals surface area contributed by atoms with Crippen LogP contribution in [0.25, 0.3) is 0 Å². The van der Waals surface area contributed by atoms with Crippen molar-refractivity contribution in [1.29, 1.82) is 0 Å². The molecule has 1 unspecified atom stereocenters. The maximum atomic E-state index is 5.88. The quantitative estimate of drug-likeness (QED) is 0.808. The van der Waals surface area contributed by atoms with Gasteiger partial charge in [0.2, 0.25) is 0 Å². The summed E-state index contributed by atoms with van der Waals surface area (Å²) in [6.45, 7) is 6.35. The molecule has 0 aliphatic heterocycles. The second-order valence-corrected chi connectivity index (χ2v) is 4.43. The van der Waals surface area contributed by atoms with Crippen molar-refractivity contribution >= 4 is 11.3 Å². The molecule has 2 N–H and O–H groups in total. The summed E-state index contributed by atoms with van der Waals surface area (Å²) < 4.78 is 0. The highest BCUT2D eigenvalue weighted by Gasteiger charge is 2.12. The first-order valence-corrected chi connectivity index (χ1v) is 5.74. The molecule has 13 heavy (non-hydrogen) atoms. The molecule has 1 rings (SSSR count).